The SMILES string of the molecule is CCC(C)(CCN)NC(=O)C1CCCCC1C(F)(F)F. The van der Waals surface area contributed by atoms with Gasteiger partial charge in [0.05, 0.1) is 5.92 Å². The molecule has 0 radical (unpaired) electrons. The predicted molar refractivity (Wildman–Crippen MR) is 72.0 cm³/mol. The van der Waals surface area contributed by atoms with Crippen molar-refractivity contribution in [2.24, 2.45) is 17.6 Å². The number of nitrogens with two attached hydrogens (primary N) is 1. The van der Waals surface area contributed by atoms with Gasteiger partial charge in [0.1, 0.15) is 0 Å². The zero-order valence-electron chi connectivity index (χ0n) is 12.2. The molecule has 3 nitrogen and oxygen atoms in total. The van der Waals surface area contributed by atoms with Crippen molar-refractivity contribution in [2.75, 3.05) is 6.54 Å². The lowest BCUT2D eigenvalue weighted by Gasteiger charge is -2.36. The summed E-state index contributed by atoms with van der Waals surface area (Å²) in [7, 11) is 0. The van der Waals surface area contributed by atoms with Crippen LogP contribution in [0.25, 0.3) is 0 Å². The molecule has 0 aromatic rings. The summed E-state index contributed by atoms with van der Waals surface area (Å²) in [6.45, 7) is 4.14. The highest BCUT2D eigenvalue weighted by Crippen LogP contribution is 2.41. The molecular formula is C14H25F3N2O. The molecule has 1 aliphatic rings. The fourth-order valence-corrected chi connectivity index (χ4v) is 2.87. The fourth-order valence-electron chi connectivity index (χ4n) is 2.87. The molecular weight excluding hydrogens is 269 g/mol. The number of amides is 1. The van der Waals surface area contributed by atoms with Crippen molar-refractivity contribution in [2.45, 2.75) is 64.1 Å². The normalized spacial score (nSPS) is 26.9. The van der Waals surface area contributed by atoms with Crippen LogP contribution in [-0.4, -0.2) is 24.2 Å². The van der Waals surface area contributed by atoms with Crippen molar-refractivity contribution in [1.82, 2.24) is 5.32 Å². The molecule has 3 unspecified atom stereocenters. The topological polar surface area (TPSA) is 55.1 Å². The molecule has 0 heterocycles. The Labute approximate surface area is 118 Å². The van der Waals surface area contributed by atoms with Gasteiger partial charge in [0.2, 0.25) is 5.91 Å². The maximum absolute atomic E-state index is 13.0. The fraction of sp³-hybridized carbons (Fsp3) is 0.929. The molecule has 0 saturated heterocycles. The highest BCUT2D eigenvalue weighted by Gasteiger charge is 2.48. The van der Waals surface area contributed by atoms with E-state index in [0.717, 1.165) is 0 Å². The van der Waals surface area contributed by atoms with Gasteiger partial charge in [-0.05, 0) is 39.2 Å². The summed E-state index contributed by atoms with van der Waals surface area (Å²) in [4.78, 5) is 12.3. The van der Waals surface area contributed by atoms with Crippen molar-refractivity contribution >= 4 is 5.91 Å². The standard InChI is InChI=1S/C14H25F3N2O/c1-3-13(2,8-9-18)19-12(20)10-6-4-5-7-11(10)14(15,16)17/h10-11H,3-9,18H2,1-2H3,(H,19,20). The summed E-state index contributed by atoms with van der Waals surface area (Å²) < 4.78 is 39.0. The van der Waals surface area contributed by atoms with Crippen LogP contribution >= 0.6 is 0 Å². The summed E-state index contributed by atoms with van der Waals surface area (Å²) in [6, 6.07) is 0. The third kappa shape index (κ3) is 4.36. The number of rotatable bonds is 5. The largest absolute Gasteiger partial charge is 0.392 e. The van der Waals surface area contributed by atoms with E-state index in [2.05, 4.69) is 5.32 Å². The Morgan fingerprint density at radius 1 is 1.30 bits per heavy atom. The van der Waals surface area contributed by atoms with Crippen LogP contribution in [0, 0.1) is 11.8 Å². The monoisotopic (exact) mass is 294 g/mol. The van der Waals surface area contributed by atoms with Gasteiger partial charge in [-0.2, -0.15) is 13.2 Å². The smallest absolute Gasteiger partial charge is 0.351 e. The summed E-state index contributed by atoms with van der Waals surface area (Å²) in [6.07, 6.45) is -1.47. The summed E-state index contributed by atoms with van der Waals surface area (Å²) in [5.74, 6) is -2.92. The minimum Gasteiger partial charge on any atom is -0.351 e. The van der Waals surface area contributed by atoms with Crippen molar-refractivity contribution < 1.29 is 18.0 Å². The van der Waals surface area contributed by atoms with E-state index in [1.807, 2.05) is 13.8 Å². The minimum atomic E-state index is -4.29. The summed E-state index contributed by atoms with van der Waals surface area (Å²) in [5.41, 5.74) is 5.00. The van der Waals surface area contributed by atoms with Crippen LogP contribution in [-0.2, 0) is 4.79 Å². The van der Waals surface area contributed by atoms with Gasteiger partial charge in [0.15, 0.2) is 0 Å². The van der Waals surface area contributed by atoms with Gasteiger partial charge in [-0.3, -0.25) is 4.79 Å². The Kier molecular flexibility index (Phi) is 5.86. The quantitative estimate of drug-likeness (QED) is 0.819. The highest BCUT2D eigenvalue weighted by molar-refractivity contribution is 5.80. The number of carbonyl (C=O) groups excluding carboxylic acids is 1. The van der Waals surface area contributed by atoms with E-state index in [0.29, 0.717) is 38.6 Å². The minimum absolute atomic E-state index is 0.0569. The van der Waals surface area contributed by atoms with Gasteiger partial charge < -0.3 is 11.1 Å². The lowest BCUT2D eigenvalue weighted by Crippen LogP contribution is -2.52. The number of hydrogen-bond donors (Lipinski definition) is 2. The van der Waals surface area contributed by atoms with Crippen LogP contribution < -0.4 is 11.1 Å². The molecule has 1 aliphatic carbocycles. The van der Waals surface area contributed by atoms with E-state index >= 15 is 0 Å². The molecule has 0 aromatic heterocycles. The number of halogens is 3. The number of alkyl halides is 3. The van der Waals surface area contributed by atoms with Gasteiger partial charge in [0.25, 0.3) is 0 Å². The molecule has 118 valence electrons. The van der Waals surface area contributed by atoms with Crippen LogP contribution in [0.15, 0.2) is 0 Å². The molecule has 3 N–H and O–H groups in total. The van der Waals surface area contributed by atoms with E-state index in [4.69, 9.17) is 5.73 Å². The molecule has 0 aromatic carbocycles. The average Bonchev–Trinajstić information content (AvgIpc) is 2.38. The molecule has 1 fully saturated rings. The average molecular weight is 294 g/mol. The molecule has 0 aliphatic heterocycles. The van der Waals surface area contributed by atoms with Gasteiger partial charge >= 0.3 is 6.18 Å². The van der Waals surface area contributed by atoms with E-state index in [1.165, 1.54) is 0 Å². The Hall–Kier alpha value is -0.780. The van der Waals surface area contributed by atoms with Crippen LogP contribution in [0.1, 0.15) is 52.4 Å². The van der Waals surface area contributed by atoms with Crippen molar-refractivity contribution in [3.05, 3.63) is 0 Å². The second-order valence-electron chi connectivity index (χ2n) is 5.98. The highest BCUT2D eigenvalue weighted by atomic mass is 19.4. The van der Waals surface area contributed by atoms with Gasteiger partial charge in [-0.25, -0.2) is 0 Å². The molecule has 6 heteroatoms. The molecule has 1 amide bonds. The summed E-state index contributed by atoms with van der Waals surface area (Å²) >= 11 is 0. The first-order valence-corrected chi connectivity index (χ1v) is 7.32. The van der Waals surface area contributed by atoms with Gasteiger partial charge in [-0.1, -0.05) is 19.8 Å². The van der Waals surface area contributed by atoms with E-state index in [9.17, 15) is 18.0 Å². The molecule has 1 rings (SSSR count). The molecule has 1 saturated carbocycles. The third-order valence-electron chi connectivity index (χ3n) is 4.42. The maximum Gasteiger partial charge on any atom is 0.392 e. The number of carbonyl (C=O) groups is 1. The third-order valence-corrected chi connectivity index (χ3v) is 4.42. The summed E-state index contributed by atoms with van der Waals surface area (Å²) in [5, 5.41) is 2.80. The Morgan fingerprint density at radius 3 is 2.40 bits per heavy atom. The predicted octanol–water partition coefficient (Wildman–Crippen LogP) is 2.99. The zero-order valence-corrected chi connectivity index (χ0v) is 12.2. The van der Waals surface area contributed by atoms with Crippen LogP contribution in [0.2, 0.25) is 0 Å². The Balaban J connectivity index is 2.78. The van der Waals surface area contributed by atoms with E-state index in [1.54, 1.807) is 0 Å². The Bertz CT molecular complexity index is 333. The van der Waals surface area contributed by atoms with Crippen molar-refractivity contribution in [1.29, 1.82) is 0 Å². The second kappa shape index (κ2) is 6.78. The van der Waals surface area contributed by atoms with Crippen molar-refractivity contribution in [3.63, 3.8) is 0 Å². The van der Waals surface area contributed by atoms with Crippen LogP contribution in [0.3, 0.4) is 0 Å². The van der Waals surface area contributed by atoms with Gasteiger partial charge in [0, 0.05) is 11.5 Å². The first-order valence-electron chi connectivity index (χ1n) is 7.32. The first kappa shape index (κ1) is 17.3. The lowest BCUT2D eigenvalue weighted by molar-refractivity contribution is -0.198. The van der Waals surface area contributed by atoms with E-state index < -0.39 is 29.5 Å². The number of nitrogens with one attached hydrogen (secondary N) is 1. The Morgan fingerprint density at radius 2 is 1.90 bits per heavy atom. The van der Waals surface area contributed by atoms with Gasteiger partial charge in [-0.15, -0.1) is 0 Å². The molecule has 20 heavy (non-hydrogen) atoms. The maximum atomic E-state index is 13.0. The first-order chi connectivity index (χ1) is 9.23. The molecule has 0 bridgehead atoms. The van der Waals surface area contributed by atoms with Crippen LogP contribution in [0.4, 0.5) is 13.2 Å². The van der Waals surface area contributed by atoms with Crippen molar-refractivity contribution in [3.8, 4) is 0 Å². The molecule has 3 atom stereocenters. The second-order valence-corrected chi connectivity index (χ2v) is 5.98. The number of hydrogen-bond acceptors (Lipinski definition) is 2. The molecule has 0 spiro atoms. The lowest BCUT2D eigenvalue weighted by atomic mass is 9.77. The van der Waals surface area contributed by atoms with E-state index in [-0.39, 0.29) is 6.42 Å². The zero-order chi connectivity index (χ0) is 15.4. The van der Waals surface area contributed by atoms with Crippen LogP contribution in [0.5, 0.6) is 0 Å².